The van der Waals surface area contributed by atoms with Crippen LogP contribution in [0.3, 0.4) is 0 Å². The predicted octanol–water partition coefficient (Wildman–Crippen LogP) is 3.96. The second-order valence-electron chi connectivity index (χ2n) is 3.80. The maximum atomic E-state index is 12.5. The normalized spacial score (nSPS) is 12.4. The van der Waals surface area contributed by atoms with E-state index in [1.807, 2.05) is 0 Å². The quantitative estimate of drug-likeness (QED) is 0.784. The molecule has 96 valence electrons. The van der Waals surface area contributed by atoms with Crippen molar-refractivity contribution in [2.75, 3.05) is 0 Å². The SMILES string of the molecule is C=C(/C=C\C(=C/C)C(F)F)c1ccc(CO)cc1. The number of alkyl halides is 2. The van der Waals surface area contributed by atoms with Crippen molar-refractivity contribution in [3.63, 3.8) is 0 Å². The van der Waals surface area contributed by atoms with Crippen molar-refractivity contribution in [2.45, 2.75) is 20.0 Å². The Kier molecular flexibility index (Phi) is 5.46. The highest BCUT2D eigenvalue weighted by Gasteiger charge is 2.05. The molecule has 1 aromatic carbocycles. The Morgan fingerprint density at radius 2 is 1.89 bits per heavy atom. The minimum Gasteiger partial charge on any atom is -0.392 e. The van der Waals surface area contributed by atoms with Crippen LogP contribution in [0.5, 0.6) is 0 Å². The highest BCUT2D eigenvalue weighted by atomic mass is 19.3. The van der Waals surface area contributed by atoms with Gasteiger partial charge >= 0.3 is 0 Å². The molecule has 0 bridgehead atoms. The lowest BCUT2D eigenvalue weighted by molar-refractivity contribution is 0.194. The van der Waals surface area contributed by atoms with Crippen LogP contribution in [0.2, 0.25) is 0 Å². The van der Waals surface area contributed by atoms with Gasteiger partial charge in [-0.15, -0.1) is 0 Å². The summed E-state index contributed by atoms with van der Waals surface area (Å²) in [6.45, 7) is 5.38. The van der Waals surface area contributed by atoms with Crippen molar-refractivity contribution < 1.29 is 13.9 Å². The Hall–Kier alpha value is -1.74. The first-order chi connectivity index (χ1) is 8.58. The molecule has 18 heavy (non-hydrogen) atoms. The summed E-state index contributed by atoms with van der Waals surface area (Å²) in [4.78, 5) is 0. The summed E-state index contributed by atoms with van der Waals surface area (Å²) in [5, 5.41) is 8.91. The molecule has 0 aliphatic rings. The standard InChI is InChI=1S/C15H16F2O/c1-3-13(15(16)17)7-4-11(2)14-8-5-12(10-18)6-9-14/h3-9,15,18H,2,10H2,1H3/b7-4-,13-3+. The number of aliphatic hydroxyl groups excluding tert-OH is 1. The predicted molar refractivity (Wildman–Crippen MR) is 70.3 cm³/mol. The van der Waals surface area contributed by atoms with E-state index in [2.05, 4.69) is 6.58 Å². The molecule has 0 saturated carbocycles. The van der Waals surface area contributed by atoms with Crippen molar-refractivity contribution in [1.29, 1.82) is 0 Å². The number of hydrogen-bond donors (Lipinski definition) is 1. The molecule has 3 heteroatoms. The molecule has 0 aliphatic carbocycles. The van der Waals surface area contributed by atoms with Gasteiger partial charge in [-0.05, 0) is 23.6 Å². The summed E-state index contributed by atoms with van der Waals surface area (Å²) in [5.41, 5.74) is 2.27. The van der Waals surface area contributed by atoms with Crippen LogP contribution in [-0.2, 0) is 6.61 Å². The molecule has 0 fully saturated rings. The molecule has 0 amide bonds. The zero-order valence-electron chi connectivity index (χ0n) is 10.2. The van der Waals surface area contributed by atoms with E-state index in [0.29, 0.717) is 5.57 Å². The van der Waals surface area contributed by atoms with Gasteiger partial charge in [-0.2, -0.15) is 0 Å². The van der Waals surface area contributed by atoms with Crippen LogP contribution in [0, 0.1) is 0 Å². The van der Waals surface area contributed by atoms with Gasteiger partial charge in [0.25, 0.3) is 6.43 Å². The van der Waals surface area contributed by atoms with Crippen LogP contribution < -0.4 is 0 Å². The zero-order chi connectivity index (χ0) is 13.5. The molecule has 0 aliphatic heterocycles. The van der Waals surface area contributed by atoms with Gasteiger partial charge in [-0.25, -0.2) is 8.78 Å². The Morgan fingerprint density at radius 3 is 2.33 bits per heavy atom. The number of hydrogen-bond acceptors (Lipinski definition) is 1. The molecule has 1 aromatic rings. The molecular formula is C15H16F2O. The number of halogens is 2. The number of benzene rings is 1. The average Bonchev–Trinajstić information content (AvgIpc) is 2.39. The van der Waals surface area contributed by atoms with Crippen molar-refractivity contribution in [3.05, 3.63) is 65.8 Å². The molecule has 1 nitrogen and oxygen atoms in total. The Balaban J connectivity index is 2.78. The summed E-state index contributed by atoms with van der Waals surface area (Å²) in [7, 11) is 0. The lowest BCUT2D eigenvalue weighted by Crippen LogP contribution is -1.92. The maximum absolute atomic E-state index is 12.5. The molecule has 1 rings (SSSR count). The third-order valence-electron chi connectivity index (χ3n) is 2.57. The van der Waals surface area contributed by atoms with Gasteiger partial charge < -0.3 is 5.11 Å². The molecule has 0 aromatic heterocycles. The molecule has 0 atom stereocenters. The molecular weight excluding hydrogens is 234 g/mol. The van der Waals surface area contributed by atoms with Crippen LogP contribution in [0.4, 0.5) is 8.78 Å². The fourth-order valence-corrected chi connectivity index (χ4v) is 1.41. The summed E-state index contributed by atoms with van der Waals surface area (Å²) < 4.78 is 24.9. The first-order valence-corrected chi connectivity index (χ1v) is 5.60. The van der Waals surface area contributed by atoms with Crippen molar-refractivity contribution in [3.8, 4) is 0 Å². The van der Waals surface area contributed by atoms with Gasteiger partial charge in [0.05, 0.1) is 6.61 Å². The fraction of sp³-hybridized carbons (Fsp3) is 0.200. The van der Waals surface area contributed by atoms with E-state index in [1.54, 1.807) is 37.3 Å². The van der Waals surface area contributed by atoms with Crippen LogP contribution in [0.15, 0.2) is 54.6 Å². The van der Waals surface area contributed by atoms with Gasteiger partial charge in [-0.3, -0.25) is 0 Å². The summed E-state index contributed by atoms with van der Waals surface area (Å²) in [5.74, 6) is 0. The second-order valence-corrected chi connectivity index (χ2v) is 3.80. The zero-order valence-corrected chi connectivity index (χ0v) is 10.2. The minimum atomic E-state index is -2.48. The molecule has 0 heterocycles. The van der Waals surface area contributed by atoms with Crippen molar-refractivity contribution in [2.24, 2.45) is 0 Å². The number of rotatable bonds is 5. The van der Waals surface area contributed by atoms with E-state index in [0.717, 1.165) is 11.1 Å². The summed E-state index contributed by atoms with van der Waals surface area (Å²) in [6, 6.07) is 7.15. The first kappa shape index (κ1) is 14.3. The second kappa shape index (κ2) is 6.87. The average molecular weight is 250 g/mol. The minimum absolute atomic E-state index is 0.0172. The molecule has 0 unspecified atom stereocenters. The fourth-order valence-electron chi connectivity index (χ4n) is 1.41. The van der Waals surface area contributed by atoms with Crippen LogP contribution in [-0.4, -0.2) is 11.5 Å². The van der Waals surface area contributed by atoms with Crippen molar-refractivity contribution >= 4 is 5.57 Å². The summed E-state index contributed by atoms with van der Waals surface area (Å²) >= 11 is 0. The van der Waals surface area contributed by atoms with E-state index in [1.165, 1.54) is 12.2 Å². The van der Waals surface area contributed by atoms with Gasteiger partial charge in [0, 0.05) is 5.57 Å². The highest BCUT2D eigenvalue weighted by molar-refractivity contribution is 5.72. The Bertz CT molecular complexity index is 456. The molecule has 1 N–H and O–H groups in total. The highest BCUT2D eigenvalue weighted by Crippen LogP contribution is 2.17. The first-order valence-electron chi connectivity index (χ1n) is 5.60. The topological polar surface area (TPSA) is 20.2 Å². The van der Waals surface area contributed by atoms with E-state index in [9.17, 15) is 8.78 Å². The van der Waals surface area contributed by atoms with Crippen LogP contribution in [0.1, 0.15) is 18.1 Å². The lowest BCUT2D eigenvalue weighted by Gasteiger charge is -2.03. The lowest BCUT2D eigenvalue weighted by atomic mass is 10.0. The Labute approximate surface area is 106 Å². The Morgan fingerprint density at radius 1 is 1.28 bits per heavy atom. The van der Waals surface area contributed by atoms with E-state index < -0.39 is 6.43 Å². The summed E-state index contributed by atoms with van der Waals surface area (Å²) in [6.07, 6.45) is 1.84. The number of allylic oxidation sites excluding steroid dienone is 5. The monoisotopic (exact) mass is 250 g/mol. The maximum Gasteiger partial charge on any atom is 0.263 e. The van der Waals surface area contributed by atoms with Gasteiger partial charge in [-0.1, -0.05) is 49.1 Å². The third-order valence-corrected chi connectivity index (χ3v) is 2.57. The molecule has 0 radical (unpaired) electrons. The van der Waals surface area contributed by atoms with E-state index >= 15 is 0 Å². The van der Waals surface area contributed by atoms with Crippen LogP contribution >= 0.6 is 0 Å². The van der Waals surface area contributed by atoms with Gasteiger partial charge in [0.1, 0.15) is 0 Å². The van der Waals surface area contributed by atoms with Crippen molar-refractivity contribution in [1.82, 2.24) is 0 Å². The van der Waals surface area contributed by atoms with E-state index in [4.69, 9.17) is 5.11 Å². The van der Waals surface area contributed by atoms with Gasteiger partial charge in [0.15, 0.2) is 0 Å². The third kappa shape index (κ3) is 3.93. The molecule has 0 spiro atoms. The largest absolute Gasteiger partial charge is 0.392 e. The van der Waals surface area contributed by atoms with E-state index in [-0.39, 0.29) is 12.2 Å². The molecule has 0 saturated heterocycles. The van der Waals surface area contributed by atoms with Gasteiger partial charge in [0.2, 0.25) is 0 Å². The van der Waals surface area contributed by atoms with Crippen LogP contribution in [0.25, 0.3) is 5.57 Å². The smallest absolute Gasteiger partial charge is 0.263 e. The number of aliphatic hydroxyl groups is 1.